The van der Waals surface area contributed by atoms with Gasteiger partial charge in [-0.1, -0.05) is 18.2 Å². The molecule has 1 amide bonds. The average molecular weight is 451 g/mol. The van der Waals surface area contributed by atoms with Crippen molar-refractivity contribution in [3.8, 4) is 0 Å². The van der Waals surface area contributed by atoms with Crippen LogP contribution in [0.25, 0.3) is 10.9 Å². The standard InChI is InChI=1S/C23H22N4O2S2/c1-26(13-20-24-17-6-3-2-5-15(17)23(29)25-20)14-21(28)27-10-8-18-16(9-12-31-18)22(27)19-7-4-11-30-19/h2-7,9,11-12,22H,8,10,13-14H2,1H3,(H,24,25,29)/t22-/m1/s1. The van der Waals surface area contributed by atoms with Gasteiger partial charge >= 0.3 is 0 Å². The second kappa shape index (κ2) is 8.37. The maximum absolute atomic E-state index is 13.3. The molecule has 6 nitrogen and oxygen atoms in total. The second-order valence-electron chi connectivity index (χ2n) is 7.76. The number of likely N-dealkylation sites (N-methyl/N-ethyl adjacent to an activating group) is 1. The van der Waals surface area contributed by atoms with E-state index in [4.69, 9.17) is 0 Å². The summed E-state index contributed by atoms with van der Waals surface area (Å²) in [5, 5.41) is 4.75. The predicted molar refractivity (Wildman–Crippen MR) is 125 cm³/mol. The van der Waals surface area contributed by atoms with Crippen LogP contribution in [-0.4, -0.2) is 45.8 Å². The fourth-order valence-corrected chi connectivity index (χ4v) is 5.94. The fraction of sp³-hybridized carbons (Fsp3) is 0.261. The number of rotatable bonds is 5. The zero-order chi connectivity index (χ0) is 21.4. The molecule has 31 heavy (non-hydrogen) atoms. The number of nitrogens with one attached hydrogen (secondary N) is 1. The lowest BCUT2D eigenvalue weighted by molar-refractivity contribution is -0.134. The summed E-state index contributed by atoms with van der Waals surface area (Å²) >= 11 is 3.46. The van der Waals surface area contributed by atoms with Crippen molar-refractivity contribution < 1.29 is 4.79 Å². The van der Waals surface area contributed by atoms with E-state index in [9.17, 15) is 9.59 Å². The van der Waals surface area contributed by atoms with Crippen molar-refractivity contribution in [1.82, 2.24) is 19.8 Å². The van der Waals surface area contributed by atoms with Gasteiger partial charge in [0.25, 0.3) is 5.56 Å². The number of hydrogen-bond donors (Lipinski definition) is 1. The zero-order valence-corrected chi connectivity index (χ0v) is 18.7. The Bertz CT molecular complexity index is 1280. The van der Waals surface area contributed by atoms with Crippen molar-refractivity contribution in [3.63, 3.8) is 0 Å². The van der Waals surface area contributed by atoms with Crippen molar-refractivity contribution in [1.29, 1.82) is 0 Å². The third-order valence-electron chi connectivity index (χ3n) is 5.59. The molecule has 0 spiro atoms. The number of aromatic amines is 1. The Morgan fingerprint density at radius 2 is 2.06 bits per heavy atom. The van der Waals surface area contributed by atoms with Crippen LogP contribution in [0.5, 0.6) is 0 Å². The van der Waals surface area contributed by atoms with Gasteiger partial charge in [-0.15, -0.1) is 22.7 Å². The van der Waals surface area contributed by atoms with Crippen LogP contribution in [-0.2, 0) is 17.8 Å². The smallest absolute Gasteiger partial charge is 0.258 e. The number of H-pyrrole nitrogens is 1. The number of benzene rings is 1. The minimum atomic E-state index is -0.154. The molecule has 8 heteroatoms. The van der Waals surface area contributed by atoms with Crippen LogP contribution in [0.2, 0.25) is 0 Å². The Morgan fingerprint density at radius 1 is 1.19 bits per heavy atom. The molecule has 0 unspecified atom stereocenters. The van der Waals surface area contributed by atoms with E-state index in [1.807, 2.05) is 41.1 Å². The fourth-order valence-electron chi connectivity index (χ4n) is 4.18. The van der Waals surface area contributed by atoms with Gasteiger partial charge in [0, 0.05) is 16.3 Å². The number of hydrogen-bond acceptors (Lipinski definition) is 6. The third-order valence-corrected chi connectivity index (χ3v) is 7.51. The number of nitrogens with zero attached hydrogens (tertiary/aromatic N) is 3. The minimum Gasteiger partial charge on any atom is -0.329 e. The van der Waals surface area contributed by atoms with Crippen LogP contribution in [0.4, 0.5) is 0 Å². The summed E-state index contributed by atoms with van der Waals surface area (Å²) in [5.41, 5.74) is 1.76. The number of carbonyl (C=O) groups is 1. The summed E-state index contributed by atoms with van der Waals surface area (Å²) in [7, 11) is 1.88. The van der Waals surface area contributed by atoms with Crippen LogP contribution >= 0.6 is 22.7 Å². The summed E-state index contributed by atoms with van der Waals surface area (Å²) in [6, 6.07) is 13.6. The second-order valence-corrected chi connectivity index (χ2v) is 9.74. The molecular weight excluding hydrogens is 428 g/mol. The lowest BCUT2D eigenvalue weighted by Crippen LogP contribution is -2.44. The molecule has 0 fully saturated rings. The van der Waals surface area contributed by atoms with Crippen LogP contribution in [0.3, 0.4) is 0 Å². The maximum Gasteiger partial charge on any atom is 0.258 e. The number of carbonyl (C=O) groups excluding carboxylic acids is 1. The number of thiophene rings is 2. The summed E-state index contributed by atoms with van der Waals surface area (Å²) < 4.78 is 0. The van der Waals surface area contributed by atoms with E-state index < -0.39 is 0 Å². The van der Waals surface area contributed by atoms with E-state index in [2.05, 4.69) is 32.9 Å². The molecule has 4 aromatic rings. The Balaban J connectivity index is 1.34. The molecule has 1 aliphatic rings. The lowest BCUT2D eigenvalue weighted by atomic mass is 9.98. The van der Waals surface area contributed by atoms with Gasteiger partial charge in [-0.2, -0.15) is 0 Å². The van der Waals surface area contributed by atoms with Crippen molar-refractivity contribution in [2.75, 3.05) is 20.1 Å². The molecule has 1 aliphatic heterocycles. The first-order chi connectivity index (χ1) is 15.1. The number of aromatic nitrogens is 2. The highest BCUT2D eigenvalue weighted by atomic mass is 32.1. The van der Waals surface area contributed by atoms with Crippen LogP contribution in [0.1, 0.15) is 27.2 Å². The molecule has 3 aromatic heterocycles. The van der Waals surface area contributed by atoms with E-state index in [1.165, 1.54) is 15.3 Å². The predicted octanol–water partition coefficient (Wildman–Crippen LogP) is 3.65. The van der Waals surface area contributed by atoms with Gasteiger partial charge in [0.15, 0.2) is 0 Å². The molecule has 5 rings (SSSR count). The Hall–Kier alpha value is -2.81. The largest absolute Gasteiger partial charge is 0.329 e. The van der Waals surface area contributed by atoms with Gasteiger partial charge in [0.2, 0.25) is 5.91 Å². The van der Waals surface area contributed by atoms with Crippen molar-refractivity contribution in [2.45, 2.75) is 19.0 Å². The molecule has 4 heterocycles. The SMILES string of the molecule is CN(CC(=O)N1CCc2sccc2[C@@H]1c1cccs1)Cc1nc2ccccc2c(=O)[nH]1. The minimum absolute atomic E-state index is 0.0190. The highest BCUT2D eigenvalue weighted by molar-refractivity contribution is 7.10. The number of para-hydroxylation sites is 1. The Morgan fingerprint density at radius 3 is 2.90 bits per heavy atom. The van der Waals surface area contributed by atoms with Crippen LogP contribution < -0.4 is 5.56 Å². The van der Waals surface area contributed by atoms with E-state index in [-0.39, 0.29) is 24.1 Å². The van der Waals surface area contributed by atoms with Gasteiger partial charge in [0.1, 0.15) is 5.82 Å². The molecule has 0 bridgehead atoms. The highest BCUT2D eigenvalue weighted by Gasteiger charge is 2.33. The highest BCUT2D eigenvalue weighted by Crippen LogP contribution is 2.39. The molecule has 0 saturated carbocycles. The number of fused-ring (bicyclic) bond motifs is 2. The van der Waals surface area contributed by atoms with Crippen molar-refractivity contribution in [2.24, 2.45) is 0 Å². The normalized spacial score (nSPS) is 16.1. The Kier molecular flexibility index (Phi) is 5.43. The monoisotopic (exact) mass is 450 g/mol. The van der Waals surface area contributed by atoms with Crippen LogP contribution in [0, 0.1) is 0 Å². The first-order valence-electron chi connectivity index (χ1n) is 10.2. The molecule has 0 saturated heterocycles. The van der Waals surface area contributed by atoms with Gasteiger partial charge in [-0.3, -0.25) is 14.5 Å². The first kappa shape index (κ1) is 20.1. The molecule has 1 aromatic carbocycles. The molecular formula is C23H22N4O2S2. The number of amides is 1. The Labute approximate surface area is 187 Å². The van der Waals surface area contributed by atoms with E-state index in [1.54, 1.807) is 28.7 Å². The lowest BCUT2D eigenvalue weighted by Gasteiger charge is -2.36. The van der Waals surface area contributed by atoms with Gasteiger partial charge in [-0.25, -0.2) is 4.98 Å². The topological polar surface area (TPSA) is 69.3 Å². The van der Waals surface area contributed by atoms with Gasteiger partial charge < -0.3 is 9.88 Å². The summed E-state index contributed by atoms with van der Waals surface area (Å²) in [6.07, 6.45) is 0.893. The summed E-state index contributed by atoms with van der Waals surface area (Å²) in [6.45, 7) is 1.37. The maximum atomic E-state index is 13.3. The van der Waals surface area contributed by atoms with E-state index in [0.29, 0.717) is 29.8 Å². The third kappa shape index (κ3) is 3.94. The average Bonchev–Trinajstić information content (AvgIpc) is 3.45. The molecule has 1 atom stereocenters. The van der Waals surface area contributed by atoms with Crippen LogP contribution in [0.15, 0.2) is 58.0 Å². The molecule has 0 radical (unpaired) electrons. The van der Waals surface area contributed by atoms with E-state index in [0.717, 1.165) is 6.42 Å². The molecule has 0 aliphatic carbocycles. The zero-order valence-electron chi connectivity index (χ0n) is 17.1. The summed E-state index contributed by atoms with van der Waals surface area (Å²) in [4.78, 5) is 39.5. The van der Waals surface area contributed by atoms with Crippen molar-refractivity contribution >= 4 is 39.5 Å². The van der Waals surface area contributed by atoms with Gasteiger partial charge in [0.05, 0.1) is 30.0 Å². The first-order valence-corrected chi connectivity index (χ1v) is 11.9. The quantitative estimate of drug-likeness (QED) is 0.504. The van der Waals surface area contributed by atoms with E-state index >= 15 is 0 Å². The van der Waals surface area contributed by atoms with Gasteiger partial charge in [-0.05, 0) is 54.1 Å². The molecule has 158 valence electrons. The summed E-state index contributed by atoms with van der Waals surface area (Å²) in [5.74, 6) is 0.647. The molecule has 1 N–H and O–H groups in total. The van der Waals surface area contributed by atoms with Crippen molar-refractivity contribution in [3.05, 3.63) is 84.7 Å².